The lowest BCUT2D eigenvalue weighted by Gasteiger charge is -2.05. The summed E-state index contributed by atoms with van der Waals surface area (Å²) in [4.78, 5) is 33.8. The van der Waals surface area contributed by atoms with Gasteiger partial charge in [0.25, 0.3) is 0 Å². The van der Waals surface area contributed by atoms with E-state index in [0.717, 1.165) is 25.7 Å². The molecule has 0 aromatic carbocycles. The van der Waals surface area contributed by atoms with E-state index in [2.05, 4.69) is 45.2 Å². The molecule has 0 amide bonds. The quantitative estimate of drug-likeness (QED) is 0.0200. The lowest BCUT2D eigenvalue weighted by Crippen LogP contribution is -2.11. The standard InChI is InChI=1S/C82H160I2O4/c83-79-75-71-67-63-59-55-51-47-43-39-35-31-27-23-19-15-11-7-3-1-5-9-13-17-21-25-29-33-37-41-45-49-53-57-61-65-69-73-77-81(85)87-88-82(86)78-74-70-66-62-58-54-50-46-42-38-34-30-26-22-18-14-10-6-2-4-8-12-16-20-24-28-32-36-40-44-48-52-56-60-64-68-72-76-80-84/h1-80H2. The van der Waals surface area contributed by atoms with E-state index >= 15 is 0 Å². The summed E-state index contributed by atoms with van der Waals surface area (Å²) in [6.07, 6.45) is 108. The summed E-state index contributed by atoms with van der Waals surface area (Å²) < 4.78 is 2.67. The van der Waals surface area contributed by atoms with Crippen molar-refractivity contribution in [2.75, 3.05) is 8.86 Å². The van der Waals surface area contributed by atoms with Crippen molar-refractivity contribution in [3.05, 3.63) is 0 Å². The van der Waals surface area contributed by atoms with Crippen molar-refractivity contribution in [2.45, 2.75) is 501 Å². The van der Waals surface area contributed by atoms with Crippen LogP contribution >= 0.6 is 45.2 Å². The Bertz CT molecular complexity index is 1170. The van der Waals surface area contributed by atoms with Crippen LogP contribution in [-0.4, -0.2) is 20.8 Å². The van der Waals surface area contributed by atoms with Gasteiger partial charge < -0.3 is 0 Å². The fraction of sp³-hybridized carbons (Fsp3) is 0.976. The van der Waals surface area contributed by atoms with Crippen LogP contribution in [0.3, 0.4) is 0 Å². The Morgan fingerprint density at radius 2 is 0.216 bits per heavy atom. The largest absolute Gasteiger partial charge is 0.355 e. The van der Waals surface area contributed by atoms with Gasteiger partial charge in [0.1, 0.15) is 0 Å². The van der Waals surface area contributed by atoms with Gasteiger partial charge in [-0.25, -0.2) is 19.4 Å². The van der Waals surface area contributed by atoms with Gasteiger partial charge >= 0.3 is 11.9 Å². The lowest BCUT2D eigenvalue weighted by molar-refractivity contribution is -0.259. The molecule has 526 valence electrons. The molecule has 0 unspecified atom stereocenters. The van der Waals surface area contributed by atoms with Gasteiger partial charge in [-0.3, -0.25) is 0 Å². The zero-order chi connectivity index (χ0) is 63.1. The summed E-state index contributed by atoms with van der Waals surface area (Å²) >= 11 is 5.01. The first-order valence-electron chi connectivity index (χ1n) is 41.2. The van der Waals surface area contributed by atoms with Crippen LogP contribution in [0.15, 0.2) is 0 Å². The van der Waals surface area contributed by atoms with E-state index in [1.165, 1.54) is 471 Å². The minimum atomic E-state index is -0.406. The van der Waals surface area contributed by atoms with E-state index in [1.54, 1.807) is 0 Å². The van der Waals surface area contributed by atoms with Gasteiger partial charge in [0, 0.05) is 0 Å². The summed E-state index contributed by atoms with van der Waals surface area (Å²) in [6.45, 7) is 0. The zero-order valence-electron chi connectivity index (χ0n) is 60.0. The number of carbonyl (C=O) groups excluding carboxylic acids is 2. The van der Waals surface area contributed by atoms with Gasteiger partial charge in [0.2, 0.25) is 0 Å². The molecule has 0 atom stereocenters. The van der Waals surface area contributed by atoms with Crippen LogP contribution < -0.4 is 0 Å². The fourth-order valence-corrected chi connectivity index (χ4v) is 14.7. The van der Waals surface area contributed by atoms with Crippen LogP contribution in [-0.2, 0) is 19.4 Å². The second kappa shape index (κ2) is 83.5. The van der Waals surface area contributed by atoms with Crippen molar-refractivity contribution in [1.29, 1.82) is 0 Å². The maximum absolute atomic E-state index is 12.1. The van der Waals surface area contributed by atoms with Crippen molar-refractivity contribution < 1.29 is 19.4 Å². The summed E-state index contributed by atoms with van der Waals surface area (Å²) in [5.41, 5.74) is 0. The molecule has 0 saturated heterocycles. The predicted octanol–water partition coefficient (Wildman–Crippen LogP) is 31.3. The molecule has 0 aliphatic heterocycles. The molecule has 4 nitrogen and oxygen atoms in total. The molecule has 0 bridgehead atoms. The average Bonchev–Trinajstić information content (AvgIpc) is 3.53. The number of unbranched alkanes of at least 4 members (excludes halogenated alkanes) is 74. The molecule has 0 radical (unpaired) electrons. The van der Waals surface area contributed by atoms with E-state index in [-0.39, 0.29) is 0 Å². The molecule has 0 aliphatic rings. The molecule has 0 spiro atoms. The van der Waals surface area contributed by atoms with Gasteiger partial charge in [-0.1, -0.05) is 507 Å². The molecule has 6 heteroatoms. The van der Waals surface area contributed by atoms with Gasteiger partial charge in [0.05, 0.1) is 12.8 Å². The van der Waals surface area contributed by atoms with E-state index in [1.807, 2.05) is 0 Å². The topological polar surface area (TPSA) is 52.6 Å². The van der Waals surface area contributed by atoms with Gasteiger partial charge in [-0.15, -0.1) is 0 Å². The first-order valence-corrected chi connectivity index (χ1v) is 44.3. The van der Waals surface area contributed by atoms with Crippen LogP contribution in [0.2, 0.25) is 0 Å². The molecule has 0 rings (SSSR count). The maximum Gasteiger partial charge on any atom is 0.355 e. The number of hydrogen-bond donors (Lipinski definition) is 0. The number of hydrogen-bond acceptors (Lipinski definition) is 4. The van der Waals surface area contributed by atoms with Crippen LogP contribution in [0, 0.1) is 0 Å². The van der Waals surface area contributed by atoms with Crippen LogP contribution in [0.1, 0.15) is 501 Å². The Kier molecular flexibility index (Phi) is 83.9. The SMILES string of the molecule is O=C(CCCCCCCCCCCCCCCCCCCCCCCCCCCCCCCCCCCCCCCCI)OOC(=O)CCCCCCCCCCCCCCCCCCCCCCCCCCCCCCCCCCCCCCCCI. The number of rotatable bonds is 80. The molecule has 0 heterocycles. The normalized spacial score (nSPS) is 11.6. The van der Waals surface area contributed by atoms with Crippen molar-refractivity contribution in [3.8, 4) is 0 Å². The van der Waals surface area contributed by atoms with Crippen LogP contribution in [0.25, 0.3) is 0 Å². The fourth-order valence-electron chi connectivity index (χ4n) is 13.6. The third-order valence-corrected chi connectivity index (χ3v) is 21.3. The molecule has 88 heavy (non-hydrogen) atoms. The van der Waals surface area contributed by atoms with Crippen molar-refractivity contribution in [1.82, 2.24) is 0 Å². The van der Waals surface area contributed by atoms with E-state index in [0.29, 0.717) is 12.8 Å². The van der Waals surface area contributed by atoms with Gasteiger partial charge in [0.15, 0.2) is 0 Å². The second-order valence-corrected chi connectivity index (χ2v) is 30.8. The third kappa shape index (κ3) is 82.5. The molecule has 0 fully saturated rings. The number of carbonyl (C=O) groups is 2. The monoisotopic (exact) mass is 1460 g/mol. The van der Waals surface area contributed by atoms with Crippen molar-refractivity contribution in [3.63, 3.8) is 0 Å². The zero-order valence-corrected chi connectivity index (χ0v) is 64.3. The Balaban J connectivity index is 3.20. The molecule has 0 aromatic heterocycles. The third-order valence-electron chi connectivity index (χ3n) is 19.8. The first-order chi connectivity index (χ1) is 43.7. The molecular weight excluding hydrogens is 1300 g/mol. The summed E-state index contributed by atoms with van der Waals surface area (Å²) in [5, 5.41) is 0. The van der Waals surface area contributed by atoms with Gasteiger partial charge in [-0.2, -0.15) is 0 Å². The first kappa shape index (κ1) is 88.4. The van der Waals surface area contributed by atoms with E-state index in [9.17, 15) is 9.59 Å². The molecule has 0 N–H and O–H groups in total. The Morgan fingerprint density at radius 3 is 0.307 bits per heavy atom. The summed E-state index contributed by atoms with van der Waals surface area (Å²) in [7, 11) is 0. The van der Waals surface area contributed by atoms with E-state index in [4.69, 9.17) is 9.78 Å². The Morgan fingerprint density at radius 1 is 0.136 bits per heavy atom. The Labute approximate surface area is 581 Å². The number of alkyl halides is 2. The highest BCUT2D eigenvalue weighted by molar-refractivity contribution is 14.1. The smallest absolute Gasteiger partial charge is 0.247 e. The van der Waals surface area contributed by atoms with Crippen LogP contribution in [0.5, 0.6) is 0 Å². The van der Waals surface area contributed by atoms with Gasteiger partial charge in [-0.05, 0) is 34.5 Å². The number of halogens is 2. The summed E-state index contributed by atoms with van der Waals surface area (Å²) in [5.74, 6) is -0.812. The molecule has 0 aromatic rings. The predicted molar refractivity (Wildman–Crippen MR) is 410 cm³/mol. The van der Waals surface area contributed by atoms with E-state index < -0.39 is 11.9 Å². The molecule has 0 aliphatic carbocycles. The van der Waals surface area contributed by atoms with Crippen molar-refractivity contribution >= 4 is 57.1 Å². The average molecular weight is 1460 g/mol. The summed E-state index contributed by atoms with van der Waals surface area (Å²) in [6, 6.07) is 0. The highest BCUT2D eigenvalue weighted by atomic mass is 127. The minimum Gasteiger partial charge on any atom is -0.247 e. The maximum atomic E-state index is 12.1. The lowest BCUT2D eigenvalue weighted by atomic mass is 10.0. The highest BCUT2D eigenvalue weighted by Crippen LogP contribution is 2.22. The molecule has 0 saturated carbocycles. The Hall–Kier alpha value is 0.400. The van der Waals surface area contributed by atoms with Crippen molar-refractivity contribution in [2.24, 2.45) is 0 Å². The molecular formula is C82H160I2O4. The highest BCUT2D eigenvalue weighted by Gasteiger charge is 2.10. The second-order valence-electron chi connectivity index (χ2n) is 28.7. The van der Waals surface area contributed by atoms with Crippen LogP contribution in [0.4, 0.5) is 0 Å². The minimum absolute atomic E-state index is 0.340.